The van der Waals surface area contributed by atoms with Gasteiger partial charge >= 0.3 is 0 Å². The lowest BCUT2D eigenvalue weighted by atomic mass is 10.3. The van der Waals surface area contributed by atoms with Gasteiger partial charge in [0.05, 0.1) is 12.3 Å². The van der Waals surface area contributed by atoms with Crippen molar-refractivity contribution in [1.29, 1.82) is 0 Å². The minimum Gasteiger partial charge on any atom is -0.383 e. The Bertz CT molecular complexity index is 456. The van der Waals surface area contributed by atoms with Gasteiger partial charge in [-0.3, -0.25) is 0 Å². The second-order valence-electron chi connectivity index (χ2n) is 3.75. The van der Waals surface area contributed by atoms with Gasteiger partial charge in [0, 0.05) is 13.2 Å². The van der Waals surface area contributed by atoms with Gasteiger partial charge in [-0.1, -0.05) is 23.3 Å². The van der Waals surface area contributed by atoms with Gasteiger partial charge < -0.3 is 10.1 Å². The molecule has 0 spiro atoms. The molecule has 6 heteroatoms. The van der Waals surface area contributed by atoms with Crippen LogP contribution in [0.4, 0.5) is 5.95 Å². The van der Waals surface area contributed by atoms with Crippen LogP contribution in [0.2, 0.25) is 0 Å². The van der Waals surface area contributed by atoms with Gasteiger partial charge in [0.2, 0.25) is 5.95 Å². The van der Waals surface area contributed by atoms with Crippen LogP contribution in [0.3, 0.4) is 0 Å². The van der Waals surface area contributed by atoms with Crippen molar-refractivity contribution in [2.24, 2.45) is 0 Å². The monoisotopic (exact) mass is 233 g/mol. The summed E-state index contributed by atoms with van der Waals surface area (Å²) in [6.45, 7) is 2.61. The number of anilines is 1. The highest BCUT2D eigenvalue weighted by Gasteiger charge is 2.10. The fraction of sp³-hybridized carbons (Fsp3) is 0.364. The van der Waals surface area contributed by atoms with Crippen molar-refractivity contribution in [3.05, 3.63) is 30.3 Å². The van der Waals surface area contributed by atoms with Gasteiger partial charge in [0.25, 0.3) is 0 Å². The van der Waals surface area contributed by atoms with E-state index in [2.05, 4.69) is 20.8 Å². The molecule has 17 heavy (non-hydrogen) atoms. The molecule has 0 aliphatic rings. The van der Waals surface area contributed by atoms with E-state index in [0.29, 0.717) is 12.6 Å². The second kappa shape index (κ2) is 5.40. The van der Waals surface area contributed by atoms with Gasteiger partial charge in [0.15, 0.2) is 0 Å². The van der Waals surface area contributed by atoms with Crippen molar-refractivity contribution >= 4 is 5.95 Å². The number of rotatable bonds is 5. The van der Waals surface area contributed by atoms with Crippen molar-refractivity contribution in [2.45, 2.75) is 13.0 Å². The van der Waals surface area contributed by atoms with Crippen LogP contribution >= 0.6 is 0 Å². The lowest BCUT2D eigenvalue weighted by molar-refractivity contribution is 0.190. The number of ether oxygens (including phenoxy) is 1. The molecule has 0 unspecified atom stereocenters. The molecule has 0 radical (unpaired) electrons. The molecule has 2 rings (SSSR count). The predicted octanol–water partition coefficient (Wildman–Crippen LogP) is 1.11. The molecule has 90 valence electrons. The highest BCUT2D eigenvalue weighted by atomic mass is 16.5. The van der Waals surface area contributed by atoms with Crippen LogP contribution in [-0.4, -0.2) is 40.0 Å². The van der Waals surface area contributed by atoms with Gasteiger partial charge in [0.1, 0.15) is 0 Å². The zero-order valence-electron chi connectivity index (χ0n) is 9.87. The molecule has 0 saturated carbocycles. The lowest BCUT2D eigenvalue weighted by Crippen LogP contribution is -2.23. The first kappa shape index (κ1) is 11.5. The number of hydrogen-bond acceptors (Lipinski definition) is 5. The van der Waals surface area contributed by atoms with E-state index in [-0.39, 0.29) is 6.04 Å². The zero-order valence-corrected chi connectivity index (χ0v) is 9.87. The number of nitrogens with one attached hydrogen (secondary N) is 1. The number of para-hydroxylation sites is 1. The summed E-state index contributed by atoms with van der Waals surface area (Å²) in [6, 6.07) is 9.88. The smallest absolute Gasteiger partial charge is 0.248 e. The summed E-state index contributed by atoms with van der Waals surface area (Å²) in [7, 11) is 1.67. The number of aromatic nitrogens is 4. The summed E-state index contributed by atoms with van der Waals surface area (Å²) in [5.74, 6) is 0.612. The molecule has 2 aromatic rings. The van der Waals surface area contributed by atoms with Crippen LogP contribution < -0.4 is 5.32 Å². The third kappa shape index (κ3) is 2.79. The van der Waals surface area contributed by atoms with Crippen LogP contribution in [0, 0.1) is 0 Å². The van der Waals surface area contributed by atoms with E-state index >= 15 is 0 Å². The summed E-state index contributed by atoms with van der Waals surface area (Å²) < 4.78 is 6.72. The Hall–Kier alpha value is -1.95. The highest BCUT2D eigenvalue weighted by molar-refractivity contribution is 5.38. The van der Waals surface area contributed by atoms with E-state index < -0.39 is 0 Å². The molecule has 0 amide bonds. The number of benzene rings is 1. The molecule has 0 saturated heterocycles. The maximum Gasteiger partial charge on any atom is 0.248 e. The predicted molar refractivity (Wildman–Crippen MR) is 64.1 cm³/mol. The van der Waals surface area contributed by atoms with E-state index in [4.69, 9.17) is 4.74 Å². The van der Waals surface area contributed by atoms with Crippen molar-refractivity contribution in [1.82, 2.24) is 20.2 Å². The van der Waals surface area contributed by atoms with Crippen molar-refractivity contribution < 1.29 is 4.74 Å². The largest absolute Gasteiger partial charge is 0.383 e. The number of hydrogen-bond donors (Lipinski definition) is 1. The van der Waals surface area contributed by atoms with Crippen molar-refractivity contribution in [3.63, 3.8) is 0 Å². The molecule has 6 nitrogen and oxygen atoms in total. The first-order valence-electron chi connectivity index (χ1n) is 5.40. The van der Waals surface area contributed by atoms with Crippen LogP contribution in [-0.2, 0) is 4.74 Å². The van der Waals surface area contributed by atoms with Crippen molar-refractivity contribution in [3.8, 4) is 5.69 Å². The molecule has 1 aromatic heterocycles. The molecule has 1 atom stereocenters. The Morgan fingerprint density at radius 2 is 2.12 bits per heavy atom. The summed E-state index contributed by atoms with van der Waals surface area (Å²) in [4.78, 5) is 0. The van der Waals surface area contributed by atoms with E-state index in [0.717, 1.165) is 5.69 Å². The minimum absolute atomic E-state index is 0.147. The van der Waals surface area contributed by atoms with Gasteiger partial charge in [-0.15, -0.1) is 0 Å². The zero-order chi connectivity index (χ0) is 12.1. The average molecular weight is 233 g/mol. The second-order valence-corrected chi connectivity index (χ2v) is 3.75. The fourth-order valence-electron chi connectivity index (χ4n) is 1.53. The minimum atomic E-state index is 0.147. The van der Waals surface area contributed by atoms with Gasteiger partial charge in [-0.25, -0.2) is 0 Å². The molecule has 0 aliphatic carbocycles. The first-order valence-corrected chi connectivity index (χ1v) is 5.40. The van der Waals surface area contributed by atoms with Crippen LogP contribution in [0.5, 0.6) is 0 Å². The lowest BCUT2D eigenvalue weighted by Gasteiger charge is -2.13. The Morgan fingerprint density at radius 1 is 1.35 bits per heavy atom. The molecule has 0 fully saturated rings. The molecule has 1 N–H and O–H groups in total. The Kier molecular flexibility index (Phi) is 3.66. The Balaban J connectivity index is 2.18. The van der Waals surface area contributed by atoms with E-state index in [1.54, 1.807) is 11.8 Å². The summed E-state index contributed by atoms with van der Waals surface area (Å²) in [6.07, 6.45) is 0. The number of methoxy groups -OCH3 is 1. The van der Waals surface area contributed by atoms with Crippen molar-refractivity contribution in [2.75, 3.05) is 19.0 Å². The Labute approximate surface area is 99.6 Å². The van der Waals surface area contributed by atoms with Crippen LogP contribution in [0.15, 0.2) is 30.3 Å². The molecular weight excluding hydrogens is 218 g/mol. The van der Waals surface area contributed by atoms with E-state index in [1.807, 2.05) is 37.3 Å². The topological polar surface area (TPSA) is 64.9 Å². The number of nitrogens with zero attached hydrogens (tertiary/aromatic N) is 4. The average Bonchev–Trinajstić information content (AvgIpc) is 2.78. The summed E-state index contributed by atoms with van der Waals surface area (Å²) in [5.41, 5.74) is 0.921. The molecule has 1 heterocycles. The molecule has 0 bridgehead atoms. The molecule has 1 aromatic carbocycles. The van der Waals surface area contributed by atoms with E-state index in [1.165, 1.54) is 0 Å². The Morgan fingerprint density at radius 3 is 2.82 bits per heavy atom. The fourth-order valence-corrected chi connectivity index (χ4v) is 1.53. The third-order valence-corrected chi connectivity index (χ3v) is 2.26. The van der Waals surface area contributed by atoms with E-state index in [9.17, 15) is 0 Å². The maximum absolute atomic E-state index is 5.06. The highest BCUT2D eigenvalue weighted by Crippen LogP contribution is 2.11. The van der Waals surface area contributed by atoms with Crippen LogP contribution in [0.1, 0.15) is 6.92 Å². The third-order valence-electron chi connectivity index (χ3n) is 2.26. The van der Waals surface area contributed by atoms with Gasteiger partial charge in [-0.2, -0.15) is 4.68 Å². The van der Waals surface area contributed by atoms with Gasteiger partial charge in [-0.05, 0) is 29.5 Å². The molecular formula is C11H15N5O. The summed E-state index contributed by atoms with van der Waals surface area (Å²) in [5, 5.41) is 14.8. The number of tetrazole rings is 1. The van der Waals surface area contributed by atoms with Crippen LogP contribution in [0.25, 0.3) is 5.69 Å². The normalized spacial score (nSPS) is 12.4. The standard InChI is InChI=1S/C11H15N5O/c1-9(8-17-2)12-11-13-14-15-16(11)10-6-4-3-5-7-10/h3-7,9H,8H2,1-2H3,(H,12,13,15)/t9-/m0/s1. The maximum atomic E-state index is 5.06. The molecule has 0 aliphatic heterocycles. The quantitative estimate of drug-likeness (QED) is 0.838. The summed E-state index contributed by atoms with van der Waals surface area (Å²) >= 11 is 0. The first-order chi connectivity index (χ1) is 8.31. The SMILES string of the molecule is COC[C@H](C)Nc1nnnn1-c1ccccc1.